The van der Waals surface area contributed by atoms with Gasteiger partial charge in [0.1, 0.15) is 11.5 Å². The predicted octanol–water partition coefficient (Wildman–Crippen LogP) is 4.63. The molecule has 0 radical (unpaired) electrons. The second-order valence-corrected chi connectivity index (χ2v) is 8.55. The van der Waals surface area contributed by atoms with Crippen LogP contribution in [0.15, 0.2) is 48.5 Å². The lowest BCUT2D eigenvalue weighted by Crippen LogP contribution is -2.26. The van der Waals surface area contributed by atoms with Crippen molar-refractivity contribution in [3.63, 3.8) is 0 Å². The van der Waals surface area contributed by atoms with Crippen molar-refractivity contribution in [2.75, 3.05) is 0 Å². The molecule has 2 aromatic carbocycles. The van der Waals surface area contributed by atoms with Crippen molar-refractivity contribution in [1.29, 1.82) is 0 Å². The van der Waals surface area contributed by atoms with Crippen LogP contribution in [-0.4, -0.2) is 33.2 Å². The van der Waals surface area contributed by atoms with Crippen LogP contribution in [0.1, 0.15) is 40.0 Å². The number of aryl methyl sites for hydroxylation is 1. The van der Waals surface area contributed by atoms with Crippen molar-refractivity contribution in [2.24, 2.45) is 0 Å². The average Bonchev–Trinajstić information content (AvgIpc) is 3.51. The number of fused-ring (bicyclic) bond motifs is 1. The molecule has 0 atom stereocenters. The molecular weight excluding hydrogens is 448 g/mol. The summed E-state index contributed by atoms with van der Waals surface area (Å²) in [6, 6.07) is 11.9. The Morgan fingerprint density at radius 2 is 1.76 bits per heavy atom. The normalized spacial score (nSPS) is 16.8. The molecule has 0 unspecified atom stereocenters. The van der Waals surface area contributed by atoms with Gasteiger partial charge >= 0.3 is 12.3 Å². The number of rotatable bonds is 6. The lowest BCUT2D eigenvalue weighted by molar-refractivity contribution is -0.286. The maximum absolute atomic E-state index is 13.4. The lowest BCUT2D eigenvalue weighted by Gasteiger charge is -2.16. The summed E-state index contributed by atoms with van der Waals surface area (Å²) in [7, 11) is 0. The number of hydrogen-bond donors (Lipinski definition) is 2. The van der Waals surface area contributed by atoms with E-state index in [2.05, 4.69) is 14.5 Å². The average molecular weight is 467 g/mol. The van der Waals surface area contributed by atoms with Gasteiger partial charge in [-0.1, -0.05) is 12.1 Å². The van der Waals surface area contributed by atoms with E-state index in [1.165, 1.54) is 24.3 Å². The Morgan fingerprint density at radius 1 is 1.03 bits per heavy atom. The van der Waals surface area contributed by atoms with Gasteiger partial charge in [0, 0.05) is 17.7 Å². The number of ether oxygens (including phenoxy) is 2. The molecule has 9 heteroatoms. The van der Waals surface area contributed by atoms with Crippen molar-refractivity contribution in [1.82, 2.24) is 4.98 Å². The number of ketones is 1. The van der Waals surface area contributed by atoms with Gasteiger partial charge in [0.25, 0.3) is 0 Å². The van der Waals surface area contributed by atoms with E-state index in [4.69, 9.17) is 0 Å². The molecule has 1 saturated carbocycles. The van der Waals surface area contributed by atoms with Gasteiger partial charge in [-0.15, -0.1) is 8.78 Å². The number of phenols is 1. The third-order valence-corrected chi connectivity index (χ3v) is 6.17. The first-order valence-corrected chi connectivity index (χ1v) is 10.5. The van der Waals surface area contributed by atoms with Crippen LogP contribution in [0.25, 0.3) is 11.3 Å². The van der Waals surface area contributed by atoms with Crippen LogP contribution in [0.2, 0.25) is 0 Å². The number of phenolic OH excluding ortho intramolecular Hbond substituents is 1. The SMILES string of the molecule is Cc1ccc(CC(=O)C2(c3ccc4c(c3)OC(F)(F)O4)CC2)nc1-c1cc(O)cc(C(=O)O)c1. The zero-order valence-electron chi connectivity index (χ0n) is 18.0. The highest BCUT2D eigenvalue weighted by atomic mass is 19.3. The molecule has 0 spiro atoms. The summed E-state index contributed by atoms with van der Waals surface area (Å²) >= 11 is 0. The van der Waals surface area contributed by atoms with Crippen LogP contribution in [-0.2, 0) is 16.6 Å². The molecule has 2 N–H and O–H groups in total. The molecule has 0 amide bonds. The maximum Gasteiger partial charge on any atom is 0.586 e. The van der Waals surface area contributed by atoms with Crippen LogP contribution < -0.4 is 9.47 Å². The van der Waals surface area contributed by atoms with Crippen molar-refractivity contribution < 1.29 is 38.1 Å². The third-order valence-electron chi connectivity index (χ3n) is 6.17. The number of aromatic nitrogens is 1. The Bertz CT molecular complexity index is 1350. The summed E-state index contributed by atoms with van der Waals surface area (Å²) < 4.78 is 35.7. The van der Waals surface area contributed by atoms with Gasteiger partial charge in [-0.25, -0.2) is 4.79 Å². The smallest absolute Gasteiger partial charge is 0.508 e. The van der Waals surface area contributed by atoms with E-state index in [-0.39, 0.29) is 35.0 Å². The molecule has 34 heavy (non-hydrogen) atoms. The molecule has 0 bridgehead atoms. The monoisotopic (exact) mass is 467 g/mol. The first-order chi connectivity index (χ1) is 16.1. The van der Waals surface area contributed by atoms with Crippen molar-refractivity contribution in [3.05, 3.63) is 70.9 Å². The number of alkyl halides is 2. The number of pyridine rings is 1. The molecular formula is C25H19F2NO6. The van der Waals surface area contributed by atoms with Crippen LogP contribution in [0.4, 0.5) is 8.78 Å². The first kappa shape index (κ1) is 21.8. The Morgan fingerprint density at radius 3 is 2.47 bits per heavy atom. The molecule has 1 aliphatic heterocycles. The van der Waals surface area contributed by atoms with Gasteiger partial charge in [-0.2, -0.15) is 0 Å². The number of carbonyl (C=O) groups excluding carboxylic acids is 1. The Labute approximate surface area is 192 Å². The van der Waals surface area contributed by atoms with Crippen LogP contribution in [0, 0.1) is 6.92 Å². The number of hydrogen-bond acceptors (Lipinski definition) is 6. The summed E-state index contributed by atoms with van der Waals surface area (Å²) in [5, 5.41) is 19.2. The highest BCUT2D eigenvalue weighted by molar-refractivity contribution is 5.95. The minimum Gasteiger partial charge on any atom is -0.508 e. The number of benzene rings is 2. The highest BCUT2D eigenvalue weighted by Gasteiger charge is 2.52. The molecule has 5 rings (SSSR count). The minimum absolute atomic E-state index is 0.00247. The number of carbonyl (C=O) groups is 2. The summed E-state index contributed by atoms with van der Waals surface area (Å²) in [6.45, 7) is 1.79. The van der Waals surface area contributed by atoms with Crippen molar-refractivity contribution in [3.8, 4) is 28.5 Å². The van der Waals surface area contributed by atoms with Gasteiger partial charge in [0.2, 0.25) is 0 Å². The standard InChI is InChI=1S/C25H19F2NO6/c1-13-2-4-17(28-22(13)14-8-15(23(31)32)10-18(29)9-14)12-21(30)24(6-7-24)16-3-5-19-20(11-16)34-25(26,27)33-19/h2-5,8-11,29H,6-7,12H2,1H3,(H,31,32). The highest BCUT2D eigenvalue weighted by Crippen LogP contribution is 2.52. The predicted molar refractivity (Wildman–Crippen MR) is 115 cm³/mol. The van der Waals surface area contributed by atoms with Crippen molar-refractivity contribution in [2.45, 2.75) is 37.9 Å². The van der Waals surface area contributed by atoms with E-state index in [9.17, 15) is 28.6 Å². The van der Waals surface area contributed by atoms with E-state index in [1.807, 2.05) is 0 Å². The molecule has 0 saturated heterocycles. The summed E-state index contributed by atoms with van der Waals surface area (Å²) in [5.41, 5.74) is 1.80. The molecule has 1 fully saturated rings. The topological polar surface area (TPSA) is 106 Å². The second-order valence-electron chi connectivity index (χ2n) is 8.55. The Balaban J connectivity index is 1.42. The zero-order chi connectivity index (χ0) is 24.3. The number of carboxylic acids is 1. The Kier molecular flexibility index (Phi) is 4.82. The molecule has 1 aliphatic carbocycles. The van der Waals surface area contributed by atoms with E-state index in [1.54, 1.807) is 25.1 Å². The summed E-state index contributed by atoms with van der Waals surface area (Å²) in [4.78, 5) is 29.2. The number of halogens is 2. The first-order valence-electron chi connectivity index (χ1n) is 10.5. The summed E-state index contributed by atoms with van der Waals surface area (Å²) in [6.07, 6.45) is -2.57. The molecule has 2 aliphatic rings. The number of carboxylic acid groups (broad SMARTS) is 1. The molecule has 1 aromatic heterocycles. The Hall–Kier alpha value is -4.01. The third kappa shape index (κ3) is 3.83. The van der Waals surface area contributed by atoms with E-state index in [0.717, 1.165) is 11.6 Å². The van der Waals surface area contributed by atoms with Gasteiger partial charge in [-0.3, -0.25) is 9.78 Å². The van der Waals surface area contributed by atoms with Gasteiger partial charge in [0.05, 0.1) is 16.7 Å². The number of Topliss-reactive ketones (excluding diaryl/α,β-unsaturated/α-hetero) is 1. The second kappa shape index (κ2) is 7.51. The van der Waals surface area contributed by atoms with Crippen LogP contribution in [0.3, 0.4) is 0 Å². The lowest BCUT2D eigenvalue weighted by atomic mass is 9.88. The number of aromatic hydroxyl groups is 1. The fourth-order valence-electron chi connectivity index (χ4n) is 4.27. The summed E-state index contributed by atoms with van der Waals surface area (Å²) in [5.74, 6) is -1.67. The minimum atomic E-state index is -3.73. The molecule has 2 heterocycles. The zero-order valence-corrected chi connectivity index (χ0v) is 18.0. The fraction of sp³-hybridized carbons (Fsp3) is 0.240. The van der Waals surface area contributed by atoms with Gasteiger partial charge in [-0.05, 0) is 67.3 Å². The van der Waals surface area contributed by atoms with Crippen LogP contribution >= 0.6 is 0 Å². The van der Waals surface area contributed by atoms with Gasteiger partial charge in [0.15, 0.2) is 11.5 Å². The molecule has 174 valence electrons. The fourth-order valence-corrected chi connectivity index (χ4v) is 4.27. The number of nitrogens with zero attached hydrogens (tertiary/aromatic N) is 1. The number of aromatic carboxylic acids is 1. The van der Waals surface area contributed by atoms with E-state index in [0.29, 0.717) is 35.4 Å². The van der Waals surface area contributed by atoms with Gasteiger partial charge < -0.3 is 19.7 Å². The van der Waals surface area contributed by atoms with E-state index < -0.39 is 17.7 Å². The molecule has 3 aromatic rings. The maximum atomic E-state index is 13.4. The van der Waals surface area contributed by atoms with Crippen LogP contribution in [0.5, 0.6) is 17.2 Å². The largest absolute Gasteiger partial charge is 0.586 e. The quantitative estimate of drug-likeness (QED) is 0.545. The van der Waals surface area contributed by atoms with Crippen molar-refractivity contribution >= 4 is 11.8 Å². The molecule has 7 nitrogen and oxygen atoms in total. The van der Waals surface area contributed by atoms with E-state index >= 15 is 0 Å².